The highest BCUT2D eigenvalue weighted by atomic mass is 35.5. The predicted molar refractivity (Wildman–Crippen MR) is 76.9 cm³/mol. The number of rotatable bonds is 3. The molecule has 0 heterocycles. The maximum atomic E-state index is 12.3. The molecule has 0 saturated heterocycles. The number of carbonyl (C=O) groups is 1. The van der Waals surface area contributed by atoms with Gasteiger partial charge in [0.15, 0.2) is 0 Å². The van der Waals surface area contributed by atoms with Gasteiger partial charge >= 0.3 is 0 Å². The molecule has 0 atom stereocenters. The number of ether oxygens (including phenoxy) is 1. The average molecular weight is 282 g/mol. The molecule has 0 radical (unpaired) electrons. The number of halogens is 1. The lowest BCUT2D eigenvalue weighted by Gasteiger charge is -2.27. The van der Waals surface area contributed by atoms with Gasteiger partial charge in [-0.3, -0.25) is 4.79 Å². The molecule has 1 aliphatic carbocycles. The van der Waals surface area contributed by atoms with Crippen molar-refractivity contribution in [3.05, 3.63) is 28.8 Å². The Morgan fingerprint density at radius 3 is 2.63 bits per heavy atom. The van der Waals surface area contributed by atoms with Gasteiger partial charge in [-0.2, -0.15) is 0 Å². The zero-order valence-corrected chi connectivity index (χ0v) is 12.2. The van der Waals surface area contributed by atoms with Gasteiger partial charge in [-0.15, -0.1) is 0 Å². The summed E-state index contributed by atoms with van der Waals surface area (Å²) in [7, 11) is 1.56. The van der Waals surface area contributed by atoms with Crippen molar-refractivity contribution in [2.75, 3.05) is 7.11 Å². The summed E-state index contributed by atoms with van der Waals surface area (Å²) >= 11 is 5.94. The first kappa shape index (κ1) is 14.2. The number of hydrogen-bond donors (Lipinski definition) is 1. The minimum Gasteiger partial charge on any atom is -0.496 e. The van der Waals surface area contributed by atoms with Gasteiger partial charge in [-0.25, -0.2) is 0 Å². The van der Waals surface area contributed by atoms with Gasteiger partial charge in [-0.1, -0.05) is 18.5 Å². The Morgan fingerprint density at radius 2 is 2.00 bits per heavy atom. The molecule has 104 valence electrons. The van der Waals surface area contributed by atoms with E-state index in [0.717, 1.165) is 18.8 Å². The van der Waals surface area contributed by atoms with Crippen LogP contribution in [-0.4, -0.2) is 19.1 Å². The first-order valence-corrected chi connectivity index (χ1v) is 7.12. The zero-order chi connectivity index (χ0) is 13.8. The summed E-state index contributed by atoms with van der Waals surface area (Å²) in [5, 5.41) is 3.62. The predicted octanol–water partition coefficient (Wildman–Crippen LogP) is 3.66. The zero-order valence-electron chi connectivity index (χ0n) is 11.4. The fourth-order valence-electron chi connectivity index (χ4n) is 2.53. The third-order valence-electron chi connectivity index (χ3n) is 3.76. The molecule has 1 aromatic rings. The van der Waals surface area contributed by atoms with Crippen molar-refractivity contribution in [2.45, 2.75) is 38.6 Å². The van der Waals surface area contributed by atoms with Crippen molar-refractivity contribution in [3.63, 3.8) is 0 Å². The lowest BCUT2D eigenvalue weighted by molar-refractivity contribution is 0.0920. The van der Waals surface area contributed by atoms with Crippen LogP contribution in [0, 0.1) is 5.92 Å². The van der Waals surface area contributed by atoms with E-state index in [1.54, 1.807) is 25.3 Å². The number of benzene rings is 1. The van der Waals surface area contributed by atoms with Crippen LogP contribution >= 0.6 is 11.6 Å². The summed E-state index contributed by atoms with van der Waals surface area (Å²) in [4.78, 5) is 12.3. The third kappa shape index (κ3) is 3.63. The van der Waals surface area contributed by atoms with Crippen molar-refractivity contribution in [3.8, 4) is 5.75 Å². The maximum Gasteiger partial charge on any atom is 0.255 e. The van der Waals surface area contributed by atoms with E-state index < -0.39 is 0 Å². The van der Waals surface area contributed by atoms with Crippen LogP contribution in [0.4, 0.5) is 0 Å². The monoisotopic (exact) mass is 281 g/mol. The SMILES string of the molecule is COc1ccc(Cl)cc1C(=O)NC1CCC(C)CC1. The molecule has 0 bridgehead atoms. The van der Waals surface area contributed by atoms with Crippen LogP contribution in [0.3, 0.4) is 0 Å². The molecule has 2 rings (SSSR count). The molecule has 0 spiro atoms. The summed E-state index contributed by atoms with van der Waals surface area (Å²) in [6.45, 7) is 2.26. The van der Waals surface area contributed by atoms with Gasteiger partial charge in [0.05, 0.1) is 12.7 Å². The van der Waals surface area contributed by atoms with Crippen LogP contribution in [0.2, 0.25) is 5.02 Å². The van der Waals surface area contributed by atoms with Gasteiger partial charge in [0.25, 0.3) is 5.91 Å². The first-order valence-electron chi connectivity index (χ1n) is 6.74. The highest BCUT2D eigenvalue weighted by molar-refractivity contribution is 6.31. The highest BCUT2D eigenvalue weighted by Gasteiger charge is 2.21. The number of nitrogens with one attached hydrogen (secondary N) is 1. The molecule has 4 heteroatoms. The smallest absolute Gasteiger partial charge is 0.255 e. The van der Waals surface area contributed by atoms with Crippen molar-refractivity contribution in [1.29, 1.82) is 0 Å². The van der Waals surface area contributed by atoms with E-state index in [9.17, 15) is 4.79 Å². The molecule has 1 saturated carbocycles. The van der Waals surface area contributed by atoms with E-state index in [0.29, 0.717) is 16.3 Å². The van der Waals surface area contributed by atoms with Crippen molar-refractivity contribution >= 4 is 17.5 Å². The number of carbonyl (C=O) groups excluding carboxylic acids is 1. The van der Waals surface area contributed by atoms with Gasteiger partial charge in [0.2, 0.25) is 0 Å². The molecule has 0 aliphatic heterocycles. The molecule has 0 aromatic heterocycles. The van der Waals surface area contributed by atoms with Crippen molar-refractivity contribution < 1.29 is 9.53 Å². The summed E-state index contributed by atoms with van der Waals surface area (Å²) in [5.41, 5.74) is 0.508. The van der Waals surface area contributed by atoms with Crippen molar-refractivity contribution in [1.82, 2.24) is 5.32 Å². The molecule has 1 fully saturated rings. The van der Waals surface area contributed by atoms with E-state index in [1.807, 2.05) is 0 Å². The quantitative estimate of drug-likeness (QED) is 0.918. The van der Waals surface area contributed by atoms with E-state index >= 15 is 0 Å². The maximum absolute atomic E-state index is 12.3. The number of amides is 1. The molecule has 1 aliphatic rings. The standard InChI is InChI=1S/C15H20ClNO2/c1-10-3-6-12(7-4-10)17-15(18)13-9-11(16)5-8-14(13)19-2/h5,8-10,12H,3-4,6-7H2,1-2H3,(H,17,18). The summed E-state index contributed by atoms with van der Waals surface area (Å²) in [5.74, 6) is 1.24. The molecular weight excluding hydrogens is 262 g/mol. The summed E-state index contributed by atoms with van der Waals surface area (Å²) < 4.78 is 5.21. The van der Waals surface area contributed by atoms with E-state index in [-0.39, 0.29) is 11.9 Å². The minimum atomic E-state index is -0.0982. The van der Waals surface area contributed by atoms with Gasteiger partial charge in [0, 0.05) is 11.1 Å². The molecule has 19 heavy (non-hydrogen) atoms. The van der Waals surface area contributed by atoms with Crippen LogP contribution in [-0.2, 0) is 0 Å². The van der Waals surface area contributed by atoms with Crippen LogP contribution in [0.1, 0.15) is 43.0 Å². The topological polar surface area (TPSA) is 38.3 Å². The normalized spacial score (nSPS) is 22.9. The third-order valence-corrected chi connectivity index (χ3v) is 3.99. The lowest BCUT2D eigenvalue weighted by atomic mass is 9.87. The van der Waals surface area contributed by atoms with Crippen LogP contribution < -0.4 is 10.1 Å². The van der Waals surface area contributed by atoms with Gasteiger partial charge in [0.1, 0.15) is 5.75 Å². The van der Waals surface area contributed by atoms with E-state index in [1.165, 1.54) is 12.8 Å². The molecule has 1 amide bonds. The fourth-order valence-corrected chi connectivity index (χ4v) is 2.70. The molecule has 0 unspecified atom stereocenters. The molecule has 3 nitrogen and oxygen atoms in total. The Morgan fingerprint density at radius 1 is 1.32 bits per heavy atom. The van der Waals surface area contributed by atoms with Gasteiger partial charge in [-0.05, 0) is 49.8 Å². The Labute approximate surface area is 119 Å². The first-order chi connectivity index (χ1) is 9.10. The van der Waals surface area contributed by atoms with E-state index in [2.05, 4.69) is 12.2 Å². The largest absolute Gasteiger partial charge is 0.496 e. The second-order valence-corrected chi connectivity index (χ2v) is 5.71. The highest BCUT2D eigenvalue weighted by Crippen LogP contribution is 2.26. The Hall–Kier alpha value is -1.22. The Balaban J connectivity index is 2.05. The van der Waals surface area contributed by atoms with Crippen LogP contribution in [0.25, 0.3) is 0 Å². The molecule has 1 aromatic carbocycles. The van der Waals surface area contributed by atoms with E-state index in [4.69, 9.17) is 16.3 Å². The second kappa shape index (κ2) is 6.29. The summed E-state index contributed by atoms with van der Waals surface area (Å²) in [6.07, 6.45) is 4.46. The van der Waals surface area contributed by atoms with Crippen LogP contribution in [0.15, 0.2) is 18.2 Å². The Bertz CT molecular complexity index is 453. The van der Waals surface area contributed by atoms with Gasteiger partial charge < -0.3 is 10.1 Å². The summed E-state index contributed by atoms with van der Waals surface area (Å²) in [6, 6.07) is 5.37. The Kier molecular flexibility index (Phi) is 4.70. The number of methoxy groups -OCH3 is 1. The lowest BCUT2D eigenvalue weighted by Crippen LogP contribution is -2.37. The van der Waals surface area contributed by atoms with Crippen molar-refractivity contribution in [2.24, 2.45) is 5.92 Å². The fraction of sp³-hybridized carbons (Fsp3) is 0.533. The minimum absolute atomic E-state index is 0.0982. The average Bonchev–Trinajstić information content (AvgIpc) is 2.41. The number of hydrogen-bond acceptors (Lipinski definition) is 2. The second-order valence-electron chi connectivity index (χ2n) is 5.27. The molecular formula is C15H20ClNO2. The molecule has 1 N–H and O–H groups in total. The van der Waals surface area contributed by atoms with Crippen LogP contribution in [0.5, 0.6) is 5.75 Å².